The minimum atomic E-state index is -1.49. The van der Waals surface area contributed by atoms with Gasteiger partial charge in [-0.15, -0.1) is 0 Å². The summed E-state index contributed by atoms with van der Waals surface area (Å²) in [5.41, 5.74) is 0. The largest absolute Gasteiger partial charge is 0.394 e. The number of ether oxygens (including phenoxy) is 3. The van der Waals surface area contributed by atoms with Gasteiger partial charge in [-0.2, -0.15) is 0 Å². The van der Waals surface area contributed by atoms with Crippen LogP contribution in [0.2, 0.25) is 0 Å². The molecule has 0 heterocycles. The number of nitrogens with one attached hydrogen (secondary N) is 1. The molecule has 0 aliphatic heterocycles. The molecule has 0 unspecified atom stereocenters. The molecule has 0 saturated heterocycles. The van der Waals surface area contributed by atoms with E-state index in [4.69, 9.17) is 19.3 Å². The normalized spacial score (nSPS) is 20.4. The molecule has 0 saturated carbocycles. The molecule has 8 N–H and O–H groups in total. The molecular formula is C18H40N2O10. The van der Waals surface area contributed by atoms with Gasteiger partial charge in [-0.05, 0) is 7.05 Å². The summed E-state index contributed by atoms with van der Waals surface area (Å²) in [5, 5.41) is 72.5. The van der Waals surface area contributed by atoms with Crippen molar-refractivity contribution in [3.8, 4) is 0 Å². The third-order valence-electron chi connectivity index (χ3n) is 5.03. The van der Waals surface area contributed by atoms with Crippen LogP contribution in [0, 0.1) is 0 Å². The summed E-state index contributed by atoms with van der Waals surface area (Å²) in [6.45, 7) is -0.225. The summed E-state index contributed by atoms with van der Waals surface area (Å²) in [7, 11) is 5.62. The molecule has 0 aromatic rings. The van der Waals surface area contributed by atoms with Crippen LogP contribution >= 0.6 is 0 Å². The topological polar surface area (TPSA) is 185 Å². The van der Waals surface area contributed by atoms with Crippen LogP contribution in [0.25, 0.3) is 0 Å². The molecule has 0 aromatic heterocycles. The monoisotopic (exact) mass is 444 g/mol. The molecule has 12 heteroatoms. The maximum atomic E-state index is 10.5. The molecule has 0 amide bonds. The van der Waals surface area contributed by atoms with E-state index in [9.17, 15) is 30.6 Å². The molecule has 182 valence electrons. The molecule has 30 heavy (non-hydrogen) atoms. The highest BCUT2D eigenvalue weighted by Crippen LogP contribution is 2.14. The van der Waals surface area contributed by atoms with Crippen molar-refractivity contribution in [2.75, 3.05) is 67.8 Å². The summed E-state index contributed by atoms with van der Waals surface area (Å²) in [4.78, 5) is 1.69. The van der Waals surface area contributed by atoms with Crippen molar-refractivity contribution in [2.45, 2.75) is 48.8 Å². The number of hydrogen-bond acceptors (Lipinski definition) is 12. The predicted molar refractivity (Wildman–Crippen MR) is 107 cm³/mol. The van der Waals surface area contributed by atoms with E-state index in [1.807, 2.05) is 0 Å². The van der Waals surface area contributed by atoms with E-state index >= 15 is 0 Å². The van der Waals surface area contributed by atoms with Gasteiger partial charge in [0, 0.05) is 47.5 Å². The van der Waals surface area contributed by atoms with Crippen LogP contribution in [-0.4, -0.2) is 157 Å². The Morgan fingerprint density at radius 1 is 0.733 bits per heavy atom. The summed E-state index contributed by atoms with van der Waals surface area (Å²) in [6, 6.07) is 0. The second kappa shape index (κ2) is 16.2. The zero-order chi connectivity index (χ0) is 23.3. The van der Waals surface area contributed by atoms with Crippen molar-refractivity contribution in [3.05, 3.63) is 0 Å². The standard InChI is InChI=1S/C18H40N2O10/c1-19-5-6-20(7-11(23)15(25)18(30-4)12(24)9-21)8-13(28-2)16(26)17(27)14(10-22)29-3/h11-19,21-27H,5-10H2,1-4H3/t11-,12+,13-,14+,15+,16+,17+,18+/m0/s1. The minimum absolute atomic E-state index is 0.0717. The molecule has 0 fully saturated rings. The Morgan fingerprint density at radius 2 is 1.30 bits per heavy atom. The lowest BCUT2D eigenvalue weighted by atomic mass is 10.0. The maximum absolute atomic E-state index is 10.5. The number of aliphatic hydroxyl groups excluding tert-OH is 7. The van der Waals surface area contributed by atoms with Gasteiger partial charge in [-0.3, -0.25) is 4.90 Å². The molecule has 0 rings (SSSR count). The van der Waals surface area contributed by atoms with Crippen LogP contribution in [-0.2, 0) is 14.2 Å². The van der Waals surface area contributed by atoms with Crippen LogP contribution < -0.4 is 5.32 Å². The van der Waals surface area contributed by atoms with E-state index in [0.29, 0.717) is 13.1 Å². The molecule has 12 nitrogen and oxygen atoms in total. The lowest BCUT2D eigenvalue weighted by Gasteiger charge is -2.35. The Labute approximate surface area is 177 Å². The van der Waals surface area contributed by atoms with Crippen LogP contribution in [0.1, 0.15) is 0 Å². The first-order valence-electron chi connectivity index (χ1n) is 9.79. The Kier molecular flexibility index (Phi) is 15.9. The smallest absolute Gasteiger partial charge is 0.114 e. The van der Waals surface area contributed by atoms with Gasteiger partial charge in [0.15, 0.2) is 0 Å². The Hall–Kier alpha value is -0.480. The highest BCUT2D eigenvalue weighted by atomic mass is 16.5. The molecule has 0 spiro atoms. The van der Waals surface area contributed by atoms with Gasteiger partial charge in [-0.25, -0.2) is 0 Å². The average molecular weight is 445 g/mol. The fraction of sp³-hybridized carbons (Fsp3) is 1.00. The lowest BCUT2D eigenvalue weighted by Crippen LogP contribution is -2.54. The van der Waals surface area contributed by atoms with E-state index in [0.717, 1.165) is 0 Å². The maximum Gasteiger partial charge on any atom is 0.114 e. The van der Waals surface area contributed by atoms with Crippen molar-refractivity contribution >= 4 is 0 Å². The number of nitrogens with zero attached hydrogens (tertiary/aromatic N) is 1. The predicted octanol–water partition coefficient (Wildman–Crippen LogP) is -4.66. The third kappa shape index (κ3) is 9.34. The summed E-state index contributed by atoms with van der Waals surface area (Å²) in [6.07, 6.45) is -10.1. The second-order valence-electron chi connectivity index (χ2n) is 7.08. The van der Waals surface area contributed by atoms with Crippen LogP contribution in [0.4, 0.5) is 0 Å². The van der Waals surface area contributed by atoms with Gasteiger partial charge < -0.3 is 55.3 Å². The van der Waals surface area contributed by atoms with Crippen LogP contribution in [0.5, 0.6) is 0 Å². The first-order chi connectivity index (χ1) is 14.2. The molecular weight excluding hydrogens is 404 g/mol. The first-order valence-corrected chi connectivity index (χ1v) is 9.79. The van der Waals surface area contributed by atoms with Gasteiger partial charge in [0.05, 0.1) is 25.4 Å². The number of likely N-dealkylation sites (N-methyl/N-ethyl adjacent to an activating group) is 1. The summed E-state index contributed by atoms with van der Waals surface area (Å²) >= 11 is 0. The Balaban J connectivity index is 5.23. The zero-order valence-corrected chi connectivity index (χ0v) is 18.2. The second-order valence-corrected chi connectivity index (χ2v) is 7.08. The molecule has 0 aromatic carbocycles. The highest BCUT2D eigenvalue weighted by Gasteiger charge is 2.36. The van der Waals surface area contributed by atoms with E-state index in [1.165, 1.54) is 21.3 Å². The molecule has 0 radical (unpaired) electrons. The highest BCUT2D eigenvalue weighted by molar-refractivity contribution is 4.87. The fourth-order valence-electron chi connectivity index (χ4n) is 3.08. The van der Waals surface area contributed by atoms with Crippen molar-refractivity contribution in [2.24, 2.45) is 0 Å². The number of hydrogen-bond donors (Lipinski definition) is 8. The first kappa shape index (κ1) is 29.5. The molecule has 0 bridgehead atoms. The number of rotatable bonds is 18. The van der Waals surface area contributed by atoms with Gasteiger partial charge in [0.25, 0.3) is 0 Å². The summed E-state index contributed by atoms with van der Waals surface area (Å²) < 4.78 is 15.2. The van der Waals surface area contributed by atoms with Gasteiger partial charge in [-0.1, -0.05) is 0 Å². The van der Waals surface area contributed by atoms with Crippen LogP contribution in [0.3, 0.4) is 0 Å². The van der Waals surface area contributed by atoms with Crippen molar-refractivity contribution < 1.29 is 50.0 Å². The van der Waals surface area contributed by atoms with Gasteiger partial charge in [0.1, 0.15) is 36.6 Å². The lowest BCUT2D eigenvalue weighted by molar-refractivity contribution is -0.145. The fourth-order valence-corrected chi connectivity index (χ4v) is 3.08. The molecule has 0 aliphatic rings. The van der Waals surface area contributed by atoms with Crippen molar-refractivity contribution in [3.63, 3.8) is 0 Å². The minimum Gasteiger partial charge on any atom is -0.394 e. The van der Waals surface area contributed by atoms with E-state index in [2.05, 4.69) is 5.32 Å². The SMILES string of the molecule is CNCCN(C[C@H](OC)[C@@H](O)[C@H](O)[C@@H](CO)OC)C[C@H](O)[C@@H](O)[C@H](OC)[C@H](O)CO. The van der Waals surface area contributed by atoms with Gasteiger partial charge >= 0.3 is 0 Å². The number of methoxy groups -OCH3 is 3. The quantitative estimate of drug-likeness (QED) is 0.101. The Morgan fingerprint density at radius 3 is 1.73 bits per heavy atom. The number of aliphatic hydroxyl groups is 7. The van der Waals surface area contributed by atoms with Gasteiger partial charge in [0.2, 0.25) is 0 Å². The molecule has 0 aliphatic carbocycles. The van der Waals surface area contributed by atoms with E-state index < -0.39 is 62.0 Å². The van der Waals surface area contributed by atoms with E-state index in [1.54, 1.807) is 11.9 Å². The Bertz CT molecular complexity index is 418. The summed E-state index contributed by atoms with van der Waals surface area (Å²) in [5.74, 6) is 0. The van der Waals surface area contributed by atoms with E-state index in [-0.39, 0.29) is 13.1 Å². The van der Waals surface area contributed by atoms with Crippen LogP contribution in [0.15, 0.2) is 0 Å². The average Bonchev–Trinajstić information content (AvgIpc) is 2.75. The zero-order valence-electron chi connectivity index (χ0n) is 18.2. The van der Waals surface area contributed by atoms with Crippen molar-refractivity contribution in [1.82, 2.24) is 10.2 Å². The molecule has 8 atom stereocenters. The third-order valence-corrected chi connectivity index (χ3v) is 5.03. The van der Waals surface area contributed by atoms with Crippen molar-refractivity contribution in [1.29, 1.82) is 0 Å².